The third-order valence-electron chi connectivity index (χ3n) is 5.94. The number of thiocarbonyl (C=S) groups is 1. The van der Waals surface area contributed by atoms with Gasteiger partial charge in [-0.1, -0.05) is 6.07 Å². The molecule has 0 saturated carbocycles. The third-order valence-corrected chi connectivity index (χ3v) is 6.29. The van der Waals surface area contributed by atoms with E-state index >= 15 is 0 Å². The van der Waals surface area contributed by atoms with Gasteiger partial charge in [-0.05, 0) is 62.8 Å². The average molecular weight is 452 g/mol. The maximum absolute atomic E-state index is 11.4. The second-order valence-electron chi connectivity index (χ2n) is 7.69. The molecule has 0 amide bonds. The summed E-state index contributed by atoms with van der Waals surface area (Å²) in [5, 5.41) is 15.5. The number of benzene rings is 1. The summed E-state index contributed by atoms with van der Waals surface area (Å²) in [6, 6.07) is 12.4. The number of nitrogens with one attached hydrogen (secondary N) is 1. The number of nitro benzene ring substituents is 1. The van der Waals surface area contributed by atoms with Crippen LogP contribution in [-0.2, 0) is 0 Å². The summed E-state index contributed by atoms with van der Waals surface area (Å²) < 4.78 is 7.54. The summed E-state index contributed by atoms with van der Waals surface area (Å²) in [7, 11) is 1.56. The molecule has 1 N–H and O–H groups in total. The predicted molar refractivity (Wildman–Crippen MR) is 126 cm³/mol. The zero-order valence-electron chi connectivity index (χ0n) is 18.4. The molecule has 0 radical (unpaired) electrons. The number of likely N-dealkylation sites (N-methyl/N-ethyl adjacent to an activating group) is 1. The Bertz CT molecular complexity index is 1180. The van der Waals surface area contributed by atoms with Crippen LogP contribution in [0.15, 0.2) is 48.7 Å². The average Bonchev–Trinajstić information content (AvgIpc) is 3.28. The van der Waals surface area contributed by atoms with E-state index in [1.54, 1.807) is 25.4 Å². The molecule has 9 heteroatoms. The van der Waals surface area contributed by atoms with E-state index in [9.17, 15) is 10.1 Å². The van der Waals surface area contributed by atoms with Gasteiger partial charge in [-0.3, -0.25) is 15.1 Å². The SMILES string of the molecule is CCN1C(=S)N[C@H](c2ccccn2)[C@H]1c1cc(C)n(-c2cc([N+](=O)[O-])ccc2OC)c1C. The number of hydrogen-bond acceptors (Lipinski definition) is 5. The molecule has 0 aliphatic carbocycles. The van der Waals surface area contributed by atoms with Crippen molar-refractivity contribution < 1.29 is 9.66 Å². The van der Waals surface area contributed by atoms with Gasteiger partial charge in [0.15, 0.2) is 5.11 Å². The van der Waals surface area contributed by atoms with Crippen LogP contribution < -0.4 is 10.1 Å². The number of hydrogen-bond donors (Lipinski definition) is 1. The van der Waals surface area contributed by atoms with E-state index in [4.69, 9.17) is 17.0 Å². The summed E-state index contributed by atoms with van der Waals surface area (Å²) in [6.45, 7) is 6.82. The van der Waals surface area contributed by atoms with Crippen LogP contribution in [0.5, 0.6) is 5.75 Å². The largest absolute Gasteiger partial charge is 0.495 e. The van der Waals surface area contributed by atoms with Crippen molar-refractivity contribution in [2.24, 2.45) is 0 Å². The molecule has 1 aromatic carbocycles. The first kappa shape index (κ1) is 21.8. The van der Waals surface area contributed by atoms with Gasteiger partial charge in [-0.2, -0.15) is 0 Å². The van der Waals surface area contributed by atoms with Crippen LogP contribution in [0.3, 0.4) is 0 Å². The first-order valence-corrected chi connectivity index (χ1v) is 10.8. The smallest absolute Gasteiger partial charge is 0.271 e. The highest BCUT2D eigenvalue weighted by Crippen LogP contribution is 2.42. The van der Waals surface area contributed by atoms with Gasteiger partial charge in [0.05, 0.1) is 35.5 Å². The molecule has 1 aliphatic rings. The molecule has 3 aromatic rings. The Morgan fingerprint density at radius 2 is 2.03 bits per heavy atom. The molecule has 1 fully saturated rings. The van der Waals surface area contributed by atoms with E-state index < -0.39 is 4.92 Å². The summed E-state index contributed by atoms with van der Waals surface area (Å²) in [5.41, 5.74) is 4.56. The van der Waals surface area contributed by atoms with Crippen molar-refractivity contribution in [3.05, 3.63) is 81.4 Å². The standard InChI is InChI=1S/C23H25N5O3S/c1-5-26-22(21(25-23(26)32)18-8-6-7-11-24-18)17-12-14(2)27(15(17)3)19-13-16(28(29)30)9-10-20(19)31-4/h6-13,21-22H,5H2,1-4H3,(H,25,32)/t21-,22-/m1/s1. The minimum atomic E-state index is -0.396. The first-order chi connectivity index (χ1) is 15.4. The highest BCUT2D eigenvalue weighted by atomic mass is 32.1. The molecule has 4 rings (SSSR count). The third kappa shape index (κ3) is 3.58. The van der Waals surface area contributed by atoms with Crippen LogP contribution in [0.25, 0.3) is 5.69 Å². The van der Waals surface area contributed by atoms with Crippen molar-refractivity contribution in [1.29, 1.82) is 0 Å². The van der Waals surface area contributed by atoms with Crippen molar-refractivity contribution >= 4 is 23.0 Å². The summed E-state index contributed by atoms with van der Waals surface area (Å²) in [4.78, 5) is 17.7. The summed E-state index contributed by atoms with van der Waals surface area (Å²) in [5.74, 6) is 0.567. The Morgan fingerprint density at radius 3 is 2.66 bits per heavy atom. The molecule has 1 saturated heterocycles. The number of aryl methyl sites for hydroxylation is 1. The van der Waals surface area contributed by atoms with Crippen molar-refractivity contribution in [1.82, 2.24) is 19.8 Å². The van der Waals surface area contributed by atoms with Crippen LogP contribution in [0, 0.1) is 24.0 Å². The number of aromatic nitrogens is 2. The highest BCUT2D eigenvalue weighted by Gasteiger charge is 2.40. The van der Waals surface area contributed by atoms with Crippen molar-refractivity contribution in [2.75, 3.05) is 13.7 Å². The first-order valence-electron chi connectivity index (χ1n) is 10.4. The fraction of sp³-hybridized carbons (Fsp3) is 0.304. The van der Waals surface area contributed by atoms with Gasteiger partial charge in [0.1, 0.15) is 5.75 Å². The Morgan fingerprint density at radius 1 is 1.25 bits per heavy atom. The van der Waals surface area contributed by atoms with Gasteiger partial charge in [-0.25, -0.2) is 0 Å². The lowest BCUT2D eigenvalue weighted by molar-refractivity contribution is -0.384. The normalized spacial score (nSPS) is 18.0. The van der Waals surface area contributed by atoms with Crippen molar-refractivity contribution in [3.63, 3.8) is 0 Å². The zero-order valence-corrected chi connectivity index (χ0v) is 19.2. The molecule has 166 valence electrons. The van der Waals surface area contributed by atoms with Gasteiger partial charge >= 0.3 is 0 Å². The molecule has 32 heavy (non-hydrogen) atoms. The van der Waals surface area contributed by atoms with E-state index in [0.29, 0.717) is 16.5 Å². The monoisotopic (exact) mass is 451 g/mol. The van der Waals surface area contributed by atoms with Crippen LogP contribution in [-0.4, -0.2) is 38.1 Å². The second kappa shape index (κ2) is 8.58. The Balaban J connectivity index is 1.88. The van der Waals surface area contributed by atoms with E-state index in [1.165, 1.54) is 6.07 Å². The summed E-state index contributed by atoms with van der Waals surface area (Å²) in [6.07, 6.45) is 1.78. The van der Waals surface area contributed by atoms with Crippen LogP contribution in [0.2, 0.25) is 0 Å². The number of methoxy groups -OCH3 is 1. The minimum absolute atomic E-state index is 0.0140. The molecule has 0 unspecified atom stereocenters. The Hall–Kier alpha value is -3.46. The Kier molecular flexibility index (Phi) is 5.84. The van der Waals surface area contributed by atoms with E-state index in [2.05, 4.69) is 28.2 Å². The van der Waals surface area contributed by atoms with Gasteiger partial charge < -0.3 is 19.5 Å². The quantitative estimate of drug-likeness (QED) is 0.338. The molecular formula is C23H25N5O3S. The molecule has 3 heterocycles. The number of non-ortho nitro benzene ring substituents is 1. The van der Waals surface area contributed by atoms with Crippen LogP contribution >= 0.6 is 12.2 Å². The molecule has 0 spiro atoms. The predicted octanol–water partition coefficient (Wildman–Crippen LogP) is 4.40. The van der Waals surface area contributed by atoms with Gasteiger partial charge in [0, 0.05) is 36.3 Å². The topological polar surface area (TPSA) is 85.5 Å². The van der Waals surface area contributed by atoms with Crippen LogP contribution in [0.1, 0.15) is 41.7 Å². The number of ether oxygens (including phenoxy) is 1. The van der Waals surface area contributed by atoms with E-state index in [1.807, 2.05) is 36.6 Å². The van der Waals surface area contributed by atoms with Gasteiger partial charge in [0.25, 0.3) is 5.69 Å². The molecule has 2 aromatic heterocycles. The highest BCUT2D eigenvalue weighted by molar-refractivity contribution is 7.80. The lowest BCUT2D eigenvalue weighted by Crippen LogP contribution is -2.29. The van der Waals surface area contributed by atoms with Gasteiger partial charge in [-0.15, -0.1) is 0 Å². The van der Waals surface area contributed by atoms with E-state index in [0.717, 1.165) is 29.2 Å². The Labute approximate surface area is 192 Å². The molecule has 2 atom stereocenters. The molecule has 1 aliphatic heterocycles. The van der Waals surface area contributed by atoms with Gasteiger partial charge in [0.2, 0.25) is 0 Å². The molecular weight excluding hydrogens is 426 g/mol. The zero-order chi connectivity index (χ0) is 23.0. The second-order valence-corrected chi connectivity index (χ2v) is 8.07. The number of pyridine rings is 1. The maximum atomic E-state index is 11.4. The lowest BCUT2D eigenvalue weighted by atomic mass is 9.97. The minimum Gasteiger partial charge on any atom is -0.495 e. The number of nitro groups is 1. The number of nitrogens with zero attached hydrogens (tertiary/aromatic N) is 4. The summed E-state index contributed by atoms with van der Waals surface area (Å²) >= 11 is 5.64. The molecule has 0 bridgehead atoms. The van der Waals surface area contributed by atoms with Crippen molar-refractivity contribution in [2.45, 2.75) is 32.9 Å². The van der Waals surface area contributed by atoms with Crippen molar-refractivity contribution in [3.8, 4) is 11.4 Å². The maximum Gasteiger partial charge on any atom is 0.271 e. The van der Waals surface area contributed by atoms with E-state index in [-0.39, 0.29) is 17.8 Å². The fourth-order valence-electron chi connectivity index (χ4n) is 4.51. The van der Waals surface area contributed by atoms with Crippen LogP contribution in [0.4, 0.5) is 5.69 Å². The number of rotatable bonds is 6. The molecule has 8 nitrogen and oxygen atoms in total. The fourth-order valence-corrected chi connectivity index (χ4v) is 4.88. The lowest BCUT2D eigenvalue weighted by Gasteiger charge is -2.27.